The monoisotopic (exact) mass is 324 g/mol. The number of ether oxygens (including phenoxy) is 1. The van der Waals surface area contributed by atoms with Crippen molar-refractivity contribution < 1.29 is 9.53 Å². The maximum Gasteiger partial charge on any atom is 0.224 e. The maximum absolute atomic E-state index is 12.0. The molecule has 4 nitrogen and oxygen atoms in total. The number of pyridine rings is 1. The molecule has 0 fully saturated rings. The number of carbonyl (C=O) groups excluding carboxylic acids is 1. The second-order valence-corrected chi connectivity index (χ2v) is 5.24. The van der Waals surface area contributed by atoms with E-state index in [4.69, 9.17) is 27.9 Å². The van der Waals surface area contributed by atoms with Gasteiger partial charge in [0.25, 0.3) is 0 Å². The number of rotatable bonds is 5. The number of nitrogens with one attached hydrogen (secondary N) is 1. The van der Waals surface area contributed by atoms with Crippen molar-refractivity contribution in [1.29, 1.82) is 0 Å². The Balaban J connectivity index is 2.03. The molecule has 2 aromatic rings. The van der Waals surface area contributed by atoms with Gasteiger partial charge in [-0.05, 0) is 23.8 Å². The van der Waals surface area contributed by atoms with Crippen LogP contribution in [0.15, 0.2) is 36.7 Å². The topological polar surface area (TPSA) is 51.2 Å². The SMILES string of the molecule is COc1c(Cl)cc(Cl)cc1CC(=O)NCc1cccnc1. The van der Waals surface area contributed by atoms with Gasteiger partial charge in [-0.3, -0.25) is 9.78 Å². The Kier molecular flexibility index (Phi) is 5.42. The molecule has 0 atom stereocenters. The van der Waals surface area contributed by atoms with Gasteiger partial charge in [0.05, 0.1) is 18.6 Å². The molecule has 21 heavy (non-hydrogen) atoms. The Morgan fingerprint density at radius 2 is 2.19 bits per heavy atom. The third-order valence-corrected chi connectivity index (χ3v) is 3.35. The molecule has 6 heteroatoms. The van der Waals surface area contributed by atoms with Crippen molar-refractivity contribution in [3.8, 4) is 5.75 Å². The fraction of sp³-hybridized carbons (Fsp3) is 0.200. The first-order valence-corrected chi connectivity index (χ1v) is 7.03. The average Bonchev–Trinajstić information content (AvgIpc) is 2.46. The molecule has 0 aliphatic heterocycles. The molecule has 0 spiro atoms. The van der Waals surface area contributed by atoms with Crippen LogP contribution in [0.1, 0.15) is 11.1 Å². The summed E-state index contributed by atoms with van der Waals surface area (Å²) in [7, 11) is 1.51. The summed E-state index contributed by atoms with van der Waals surface area (Å²) >= 11 is 12.0. The highest BCUT2D eigenvalue weighted by molar-refractivity contribution is 6.35. The number of carbonyl (C=O) groups is 1. The van der Waals surface area contributed by atoms with E-state index in [2.05, 4.69) is 10.3 Å². The van der Waals surface area contributed by atoms with Gasteiger partial charge in [0.2, 0.25) is 5.91 Å². The number of hydrogen-bond acceptors (Lipinski definition) is 3. The van der Waals surface area contributed by atoms with E-state index in [1.165, 1.54) is 7.11 Å². The van der Waals surface area contributed by atoms with Crippen molar-refractivity contribution in [1.82, 2.24) is 10.3 Å². The number of benzene rings is 1. The Hall–Kier alpha value is -1.78. The Labute approximate surface area is 133 Å². The van der Waals surface area contributed by atoms with Crippen LogP contribution in [0, 0.1) is 0 Å². The van der Waals surface area contributed by atoms with Crippen LogP contribution in [0.2, 0.25) is 10.0 Å². The quantitative estimate of drug-likeness (QED) is 0.918. The average molecular weight is 325 g/mol. The number of aromatic nitrogens is 1. The lowest BCUT2D eigenvalue weighted by molar-refractivity contribution is -0.120. The van der Waals surface area contributed by atoms with E-state index < -0.39 is 0 Å². The van der Waals surface area contributed by atoms with Crippen LogP contribution < -0.4 is 10.1 Å². The fourth-order valence-corrected chi connectivity index (χ4v) is 2.53. The third kappa shape index (κ3) is 4.34. The van der Waals surface area contributed by atoms with Gasteiger partial charge in [-0.25, -0.2) is 0 Å². The predicted octanol–water partition coefficient (Wildman–Crippen LogP) is 3.26. The molecule has 2 rings (SSSR count). The number of nitrogens with zero attached hydrogens (tertiary/aromatic N) is 1. The minimum Gasteiger partial charge on any atom is -0.495 e. The van der Waals surface area contributed by atoms with Crippen molar-refractivity contribution in [3.05, 3.63) is 57.8 Å². The number of amides is 1. The molecule has 0 radical (unpaired) electrons. The van der Waals surface area contributed by atoms with Crippen LogP contribution in [-0.4, -0.2) is 18.0 Å². The van der Waals surface area contributed by atoms with E-state index in [-0.39, 0.29) is 12.3 Å². The second-order valence-electron chi connectivity index (χ2n) is 4.39. The lowest BCUT2D eigenvalue weighted by Crippen LogP contribution is -2.24. The fourth-order valence-electron chi connectivity index (χ4n) is 1.91. The first-order chi connectivity index (χ1) is 10.1. The molecule has 1 amide bonds. The molecule has 0 saturated carbocycles. The molecule has 0 aliphatic carbocycles. The summed E-state index contributed by atoms with van der Waals surface area (Å²) in [6, 6.07) is 6.97. The smallest absolute Gasteiger partial charge is 0.224 e. The van der Waals surface area contributed by atoms with Crippen LogP contribution in [0.25, 0.3) is 0 Å². The van der Waals surface area contributed by atoms with Gasteiger partial charge in [-0.2, -0.15) is 0 Å². The molecular weight excluding hydrogens is 311 g/mol. The van der Waals surface area contributed by atoms with Crippen molar-refractivity contribution in [2.75, 3.05) is 7.11 Å². The zero-order valence-electron chi connectivity index (χ0n) is 11.4. The van der Waals surface area contributed by atoms with Gasteiger partial charge in [0.15, 0.2) is 0 Å². The van der Waals surface area contributed by atoms with Crippen molar-refractivity contribution >= 4 is 29.1 Å². The van der Waals surface area contributed by atoms with Gasteiger partial charge in [-0.1, -0.05) is 29.3 Å². The van der Waals surface area contributed by atoms with Gasteiger partial charge in [-0.15, -0.1) is 0 Å². The largest absolute Gasteiger partial charge is 0.495 e. The van der Waals surface area contributed by atoms with E-state index in [9.17, 15) is 4.79 Å². The molecule has 110 valence electrons. The summed E-state index contributed by atoms with van der Waals surface area (Å²) in [5, 5.41) is 3.67. The van der Waals surface area contributed by atoms with Crippen LogP contribution in [0.3, 0.4) is 0 Å². The van der Waals surface area contributed by atoms with Gasteiger partial charge in [0, 0.05) is 29.5 Å². The molecule has 0 aliphatic rings. The second kappa shape index (κ2) is 7.29. The molecule has 0 saturated heterocycles. The standard InChI is InChI=1S/C15H14Cl2N2O2/c1-21-15-11(5-12(16)7-13(15)17)6-14(20)19-9-10-3-2-4-18-8-10/h2-5,7-8H,6,9H2,1H3,(H,19,20). The number of methoxy groups -OCH3 is 1. The molecule has 1 heterocycles. The van der Waals surface area contributed by atoms with Gasteiger partial charge in [0.1, 0.15) is 5.75 Å². The Morgan fingerprint density at radius 3 is 2.86 bits per heavy atom. The van der Waals surface area contributed by atoms with Crippen molar-refractivity contribution in [2.24, 2.45) is 0 Å². The summed E-state index contributed by atoms with van der Waals surface area (Å²) in [6.07, 6.45) is 3.53. The molecule has 0 unspecified atom stereocenters. The van der Waals surface area contributed by atoms with E-state index in [0.717, 1.165) is 5.56 Å². The zero-order chi connectivity index (χ0) is 15.2. The van der Waals surface area contributed by atoms with Crippen LogP contribution >= 0.6 is 23.2 Å². The maximum atomic E-state index is 12.0. The summed E-state index contributed by atoms with van der Waals surface area (Å²) in [4.78, 5) is 16.0. The van der Waals surface area contributed by atoms with Crippen LogP contribution in [0.5, 0.6) is 5.75 Å². The van der Waals surface area contributed by atoms with E-state index >= 15 is 0 Å². The number of hydrogen-bond donors (Lipinski definition) is 1. The lowest BCUT2D eigenvalue weighted by Gasteiger charge is -2.11. The highest BCUT2D eigenvalue weighted by Gasteiger charge is 2.13. The molecule has 1 aromatic carbocycles. The van der Waals surface area contributed by atoms with Crippen molar-refractivity contribution in [2.45, 2.75) is 13.0 Å². The van der Waals surface area contributed by atoms with Crippen LogP contribution in [-0.2, 0) is 17.8 Å². The zero-order valence-corrected chi connectivity index (χ0v) is 12.9. The summed E-state index contributed by atoms with van der Waals surface area (Å²) in [6.45, 7) is 0.420. The Morgan fingerprint density at radius 1 is 1.38 bits per heavy atom. The third-order valence-electron chi connectivity index (χ3n) is 2.85. The van der Waals surface area contributed by atoms with E-state index in [0.29, 0.717) is 27.9 Å². The van der Waals surface area contributed by atoms with Crippen LogP contribution in [0.4, 0.5) is 0 Å². The lowest BCUT2D eigenvalue weighted by atomic mass is 10.1. The van der Waals surface area contributed by atoms with Crippen molar-refractivity contribution in [3.63, 3.8) is 0 Å². The van der Waals surface area contributed by atoms with E-state index in [1.54, 1.807) is 24.5 Å². The minimum atomic E-state index is -0.143. The highest BCUT2D eigenvalue weighted by Crippen LogP contribution is 2.32. The molecular formula is C15H14Cl2N2O2. The van der Waals surface area contributed by atoms with Gasteiger partial charge < -0.3 is 10.1 Å². The molecule has 1 N–H and O–H groups in total. The Bertz CT molecular complexity index is 633. The van der Waals surface area contributed by atoms with E-state index in [1.807, 2.05) is 12.1 Å². The van der Waals surface area contributed by atoms with Gasteiger partial charge >= 0.3 is 0 Å². The summed E-state index contributed by atoms with van der Waals surface area (Å²) in [5.41, 5.74) is 1.58. The summed E-state index contributed by atoms with van der Waals surface area (Å²) < 4.78 is 5.21. The molecule has 1 aromatic heterocycles. The minimum absolute atomic E-state index is 0.143. The molecule has 0 bridgehead atoms. The number of halogens is 2. The highest BCUT2D eigenvalue weighted by atomic mass is 35.5. The first-order valence-electron chi connectivity index (χ1n) is 6.27. The predicted molar refractivity (Wildman–Crippen MR) is 82.8 cm³/mol. The summed E-state index contributed by atoms with van der Waals surface area (Å²) in [5.74, 6) is 0.327. The first kappa shape index (κ1) is 15.6. The normalized spacial score (nSPS) is 10.2.